The van der Waals surface area contributed by atoms with Crippen molar-refractivity contribution in [2.24, 2.45) is 5.92 Å². The SMILES string of the molecule is CC(C)COC(=O)/C=C1/CCCO1. The van der Waals surface area contributed by atoms with Gasteiger partial charge in [-0.1, -0.05) is 13.8 Å². The summed E-state index contributed by atoms with van der Waals surface area (Å²) in [5, 5.41) is 0. The van der Waals surface area contributed by atoms with Crippen LogP contribution in [0, 0.1) is 5.92 Å². The van der Waals surface area contributed by atoms with E-state index < -0.39 is 0 Å². The van der Waals surface area contributed by atoms with Crippen LogP contribution in [0.2, 0.25) is 0 Å². The van der Waals surface area contributed by atoms with Crippen molar-refractivity contribution in [2.75, 3.05) is 13.2 Å². The van der Waals surface area contributed by atoms with Crippen LogP contribution in [0.25, 0.3) is 0 Å². The van der Waals surface area contributed by atoms with Gasteiger partial charge in [-0.15, -0.1) is 0 Å². The fraction of sp³-hybridized carbons (Fsp3) is 0.700. The van der Waals surface area contributed by atoms with Crippen LogP contribution in [0.4, 0.5) is 0 Å². The number of carbonyl (C=O) groups is 1. The van der Waals surface area contributed by atoms with Gasteiger partial charge in [0.15, 0.2) is 0 Å². The molecule has 74 valence electrons. The lowest BCUT2D eigenvalue weighted by Gasteiger charge is -2.04. The van der Waals surface area contributed by atoms with E-state index in [2.05, 4.69) is 0 Å². The molecule has 0 aliphatic carbocycles. The van der Waals surface area contributed by atoms with E-state index in [1.165, 1.54) is 6.08 Å². The van der Waals surface area contributed by atoms with Crippen LogP contribution >= 0.6 is 0 Å². The Hall–Kier alpha value is -0.990. The molecule has 1 rings (SSSR count). The van der Waals surface area contributed by atoms with E-state index in [4.69, 9.17) is 9.47 Å². The lowest BCUT2D eigenvalue weighted by molar-refractivity contribution is -0.139. The maximum atomic E-state index is 11.1. The largest absolute Gasteiger partial charge is 0.498 e. The molecule has 1 saturated heterocycles. The van der Waals surface area contributed by atoms with Crippen LogP contribution in [0.3, 0.4) is 0 Å². The van der Waals surface area contributed by atoms with Gasteiger partial charge in [-0.05, 0) is 12.3 Å². The standard InChI is InChI=1S/C10H16O3/c1-8(2)7-13-10(11)6-9-4-3-5-12-9/h6,8H,3-5,7H2,1-2H3/b9-6-. The van der Waals surface area contributed by atoms with E-state index in [-0.39, 0.29) is 5.97 Å². The molecule has 3 heteroatoms. The van der Waals surface area contributed by atoms with Crippen LogP contribution < -0.4 is 0 Å². The first-order chi connectivity index (χ1) is 6.18. The molecule has 1 heterocycles. The molecule has 1 fully saturated rings. The second kappa shape index (κ2) is 4.90. The molecular weight excluding hydrogens is 168 g/mol. The molecule has 0 aromatic carbocycles. The summed E-state index contributed by atoms with van der Waals surface area (Å²) in [4.78, 5) is 11.1. The summed E-state index contributed by atoms with van der Waals surface area (Å²) in [6.45, 7) is 5.21. The zero-order chi connectivity index (χ0) is 9.68. The number of allylic oxidation sites excluding steroid dienone is 1. The van der Waals surface area contributed by atoms with E-state index in [1.54, 1.807) is 0 Å². The normalized spacial score (nSPS) is 19.2. The smallest absolute Gasteiger partial charge is 0.334 e. The van der Waals surface area contributed by atoms with Crippen molar-refractivity contribution in [3.63, 3.8) is 0 Å². The second-order valence-electron chi connectivity index (χ2n) is 3.59. The Bertz CT molecular complexity index is 198. The summed E-state index contributed by atoms with van der Waals surface area (Å²) in [5.41, 5.74) is 0. The number of rotatable bonds is 3. The molecule has 1 aliphatic heterocycles. The van der Waals surface area contributed by atoms with Crippen LogP contribution in [0.1, 0.15) is 26.7 Å². The third-order valence-electron chi connectivity index (χ3n) is 1.69. The zero-order valence-corrected chi connectivity index (χ0v) is 8.21. The highest BCUT2D eigenvalue weighted by atomic mass is 16.5. The molecule has 0 bridgehead atoms. The zero-order valence-electron chi connectivity index (χ0n) is 8.21. The van der Waals surface area contributed by atoms with E-state index in [0.717, 1.165) is 25.2 Å². The molecule has 0 N–H and O–H groups in total. The van der Waals surface area contributed by atoms with Crippen LogP contribution in [0.15, 0.2) is 11.8 Å². The Morgan fingerprint density at radius 2 is 2.46 bits per heavy atom. The molecular formula is C10H16O3. The summed E-state index contributed by atoms with van der Waals surface area (Å²) >= 11 is 0. The van der Waals surface area contributed by atoms with Crippen LogP contribution in [-0.2, 0) is 14.3 Å². The average molecular weight is 184 g/mol. The molecule has 0 radical (unpaired) electrons. The summed E-state index contributed by atoms with van der Waals surface area (Å²) in [6, 6.07) is 0. The van der Waals surface area contributed by atoms with Gasteiger partial charge >= 0.3 is 5.97 Å². The topological polar surface area (TPSA) is 35.5 Å². The third-order valence-corrected chi connectivity index (χ3v) is 1.69. The molecule has 0 aromatic heterocycles. The van der Waals surface area contributed by atoms with Gasteiger partial charge in [0.2, 0.25) is 0 Å². The van der Waals surface area contributed by atoms with Crippen LogP contribution in [0.5, 0.6) is 0 Å². The van der Waals surface area contributed by atoms with Gasteiger partial charge < -0.3 is 9.47 Å². The van der Waals surface area contributed by atoms with Gasteiger partial charge in [0, 0.05) is 6.42 Å². The Morgan fingerprint density at radius 3 is 3.00 bits per heavy atom. The van der Waals surface area contributed by atoms with E-state index in [9.17, 15) is 4.79 Å². The molecule has 0 amide bonds. The summed E-state index contributed by atoms with van der Waals surface area (Å²) < 4.78 is 10.2. The molecule has 0 unspecified atom stereocenters. The predicted octanol–water partition coefficient (Wildman–Crippen LogP) is 1.88. The lowest BCUT2D eigenvalue weighted by Crippen LogP contribution is -2.07. The minimum absolute atomic E-state index is 0.286. The highest BCUT2D eigenvalue weighted by molar-refractivity contribution is 5.82. The van der Waals surface area contributed by atoms with Crippen molar-refractivity contribution >= 4 is 5.97 Å². The first-order valence-electron chi connectivity index (χ1n) is 4.68. The van der Waals surface area contributed by atoms with Crippen molar-refractivity contribution in [1.82, 2.24) is 0 Å². The van der Waals surface area contributed by atoms with Crippen molar-refractivity contribution in [3.8, 4) is 0 Å². The summed E-state index contributed by atoms with van der Waals surface area (Å²) in [7, 11) is 0. The molecule has 0 spiro atoms. The molecule has 1 aliphatic rings. The first-order valence-corrected chi connectivity index (χ1v) is 4.68. The third kappa shape index (κ3) is 3.97. The Kier molecular flexibility index (Phi) is 3.80. The average Bonchev–Trinajstić information content (AvgIpc) is 2.53. The number of esters is 1. The number of carbonyl (C=O) groups excluding carboxylic acids is 1. The summed E-state index contributed by atoms with van der Waals surface area (Å²) in [5.74, 6) is 0.853. The lowest BCUT2D eigenvalue weighted by atomic mass is 10.2. The Labute approximate surface area is 78.7 Å². The van der Waals surface area contributed by atoms with Crippen molar-refractivity contribution in [2.45, 2.75) is 26.7 Å². The van der Waals surface area contributed by atoms with Crippen molar-refractivity contribution in [3.05, 3.63) is 11.8 Å². The van der Waals surface area contributed by atoms with E-state index >= 15 is 0 Å². The van der Waals surface area contributed by atoms with Crippen molar-refractivity contribution < 1.29 is 14.3 Å². The molecule has 3 nitrogen and oxygen atoms in total. The van der Waals surface area contributed by atoms with Gasteiger partial charge in [-0.3, -0.25) is 0 Å². The van der Waals surface area contributed by atoms with Gasteiger partial charge in [0.25, 0.3) is 0 Å². The van der Waals surface area contributed by atoms with E-state index in [0.29, 0.717) is 12.5 Å². The fourth-order valence-electron chi connectivity index (χ4n) is 1.06. The highest BCUT2D eigenvalue weighted by Crippen LogP contribution is 2.15. The Balaban J connectivity index is 2.27. The maximum Gasteiger partial charge on any atom is 0.334 e. The maximum absolute atomic E-state index is 11.1. The quantitative estimate of drug-likeness (QED) is 0.496. The number of hydrogen-bond donors (Lipinski definition) is 0. The highest BCUT2D eigenvalue weighted by Gasteiger charge is 2.10. The first kappa shape index (κ1) is 10.1. The number of ether oxygens (including phenoxy) is 2. The molecule has 13 heavy (non-hydrogen) atoms. The monoisotopic (exact) mass is 184 g/mol. The van der Waals surface area contributed by atoms with Gasteiger partial charge in [0.1, 0.15) is 5.76 Å². The van der Waals surface area contributed by atoms with Crippen molar-refractivity contribution in [1.29, 1.82) is 0 Å². The molecule has 0 saturated carbocycles. The van der Waals surface area contributed by atoms with Gasteiger partial charge in [-0.2, -0.15) is 0 Å². The fourth-order valence-corrected chi connectivity index (χ4v) is 1.06. The van der Waals surface area contributed by atoms with Gasteiger partial charge in [0.05, 0.1) is 19.3 Å². The number of hydrogen-bond acceptors (Lipinski definition) is 3. The minimum atomic E-state index is -0.286. The molecule has 0 atom stereocenters. The Morgan fingerprint density at radius 1 is 1.69 bits per heavy atom. The second-order valence-corrected chi connectivity index (χ2v) is 3.59. The minimum Gasteiger partial charge on any atom is -0.498 e. The van der Waals surface area contributed by atoms with Crippen LogP contribution in [-0.4, -0.2) is 19.2 Å². The van der Waals surface area contributed by atoms with Gasteiger partial charge in [-0.25, -0.2) is 4.79 Å². The summed E-state index contributed by atoms with van der Waals surface area (Å²) in [6.07, 6.45) is 3.31. The predicted molar refractivity (Wildman–Crippen MR) is 49.1 cm³/mol. The van der Waals surface area contributed by atoms with E-state index in [1.807, 2.05) is 13.8 Å². The molecule has 0 aromatic rings.